The number of ether oxygens (including phenoxy) is 1. The first-order chi connectivity index (χ1) is 7.78. The number of carbonyl (C=O) groups is 1. The van der Waals surface area contributed by atoms with Crippen LogP contribution in [-0.4, -0.2) is 43.1 Å². The summed E-state index contributed by atoms with van der Waals surface area (Å²) in [6.45, 7) is 0.0828. The average molecular weight is 255 g/mol. The van der Waals surface area contributed by atoms with Gasteiger partial charge in [-0.25, -0.2) is 0 Å². The lowest BCUT2D eigenvalue weighted by Crippen LogP contribution is -2.40. The molecule has 0 heterocycles. The molecule has 1 fully saturated rings. The summed E-state index contributed by atoms with van der Waals surface area (Å²) in [6.07, 6.45) is -3.94. The van der Waals surface area contributed by atoms with Crippen molar-refractivity contribution in [1.29, 1.82) is 0 Å². The lowest BCUT2D eigenvalue weighted by molar-refractivity contribution is -0.185. The van der Waals surface area contributed by atoms with Crippen LogP contribution < -0.4 is 5.32 Å². The van der Waals surface area contributed by atoms with Gasteiger partial charge in [0.25, 0.3) is 0 Å². The molecule has 0 saturated heterocycles. The second kappa shape index (κ2) is 5.22. The van der Waals surface area contributed by atoms with Gasteiger partial charge in [0.15, 0.2) is 0 Å². The van der Waals surface area contributed by atoms with Gasteiger partial charge in [0, 0.05) is 12.0 Å². The van der Waals surface area contributed by atoms with Crippen LogP contribution in [0.15, 0.2) is 0 Å². The molecule has 1 saturated carbocycles. The van der Waals surface area contributed by atoms with E-state index in [2.05, 4.69) is 10.1 Å². The normalized spacial score (nSPS) is 19.8. The fourth-order valence-electron chi connectivity index (χ4n) is 1.28. The highest BCUT2D eigenvalue weighted by molar-refractivity contribution is 5.80. The van der Waals surface area contributed by atoms with Crippen LogP contribution in [0, 0.1) is 5.41 Å². The Hall–Kier alpha value is -0.820. The summed E-state index contributed by atoms with van der Waals surface area (Å²) >= 11 is 0. The summed E-state index contributed by atoms with van der Waals surface area (Å²) in [5.41, 5.74) is -0.264. The predicted molar refractivity (Wildman–Crippen MR) is 53.2 cm³/mol. The smallest absolute Gasteiger partial charge is 0.396 e. The minimum absolute atomic E-state index is 0.0227. The van der Waals surface area contributed by atoms with Crippen LogP contribution in [0.1, 0.15) is 19.8 Å². The van der Waals surface area contributed by atoms with Crippen molar-refractivity contribution in [2.75, 3.05) is 19.8 Å². The van der Waals surface area contributed by atoms with Gasteiger partial charge in [0.2, 0.25) is 5.91 Å². The Balaban J connectivity index is 2.23. The number of nitrogens with one attached hydrogen (secondary N) is 1. The molecule has 100 valence electrons. The molecule has 0 radical (unpaired) electrons. The molecule has 1 atom stereocenters. The van der Waals surface area contributed by atoms with Crippen molar-refractivity contribution in [2.45, 2.75) is 32.0 Å². The van der Waals surface area contributed by atoms with Crippen molar-refractivity contribution in [1.82, 2.24) is 5.32 Å². The fourth-order valence-corrected chi connectivity index (χ4v) is 1.28. The summed E-state index contributed by atoms with van der Waals surface area (Å²) < 4.78 is 39.9. The van der Waals surface area contributed by atoms with Gasteiger partial charge in [-0.2, -0.15) is 13.2 Å². The highest BCUT2D eigenvalue weighted by Gasteiger charge is 2.42. The fraction of sp³-hybridized carbons (Fsp3) is 0.900. The quantitative estimate of drug-likeness (QED) is 0.739. The molecule has 0 spiro atoms. The largest absolute Gasteiger partial charge is 0.411 e. The predicted octanol–water partition coefficient (Wildman–Crippen LogP) is 0.843. The summed E-state index contributed by atoms with van der Waals surface area (Å²) in [7, 11) is 0. The van der Waals surface area contributed by atoms with Crippen LogP contribution in [0.25, 0.3) is 0 Å². The number of carbonyl (C=O) groups excluding carboxylic acids is 1. The van der Waals surface area contributed by atoms with Crippen molar-refractivity contribution in [2.24, 2.45) is 5.41 Å². The molecule has 0 aliphatic heterocycles. The van der Waals surface area contributed by atoms with Crippen molar-refractivity contribution < 1.29 is 27.8 Å². The minimum Gasteiger partial charge on any atom is -0.396 e. The number of alkyl halides is 3. The molecule has 7 heteroatoms. The van der Waals surface area contributed by atoms with Gasteiger partial charge in [-0.1, -0.05) is 0 Å². The topological polar surface area (TPSA) is 58.6 Å². The van der Waals surface area contributed by atoms with Crippen LogP contribution in [0.5, 0.6) is 0 Å². The number of halogens is 3. The Kier molecular flexibility index (Phi) is 4.37. The first-order valence-corrected chi connectivity index (χ1v) is 5.35. The molecule has 1 rings (SSSR count). The maximum absolute atomic E-state index is 11.8. The Labute approximate surface area is 97.1 Å². The van der Waals surface area contributed by atoms with Gasteiger partial charge in [-0.3, -0.25) is 4.79 Å². The summed E-state index contributed by atoms with van der Waals surface area (Å²) in [5.74, 6) is -0.589. The molecule has 1 aliphatic rings. The van der Waals surface area contributed by atoms with E-state index < -0.39 is 24.8 Å². The van der Waals surface area contributed by atoms with Gasteiger partial charge in [-0.15, -0.1) is 0 Å². The van der Waals surface area contributed by atoms with Crippen LogP contribution in [0.3, 0.4) is 0 Å². The van der Waals surface area contributed by atoms with E-state index in [1.807, 2.05) is 0 Å². The number of rotatable bonds is 6. The lowest BCUT2D eigenvalue weighted by atomic mass is 10.1. The zero-order chi connectivity index (χ0) is 13.1. The molecule has 0 aromatic heterocycles. The van der Waals surface area contributed by atoms with Crippen LogP contribution >= 0.6 is 0 Å². The van der Waals surface area contributed by atoms with E-state index in [9.17, 15) is 18.0 Å². The maximum Gasteiger partial charge on any atom is 0.411 e. The number of aliphatic hydroxyl groups is 1. The van der Waals surface area contributed by atoms with Gasteiger partial charge in [-0.05, 0) is 19.8 Å². The zero-order valence-electron chi connectivity index (χ0n) is 9.51. The molecule has 0 aromatic rings. The van der Waals surface area contributed by atoms with Crippen LogP contribution in [-0.2, 0) is 9.53 Å². The summed E-state index contributed by atoms with van der Waals surface area (Å²) in [5, 5.41) is 11.5. The molecule has 0 aromatic carbocycles. The van der Waals surface area contributed by atoms with Gasteiger partial charge in [0.05, 0.1) is 6.61 Å². The molecule has 17 heavy (non-hydrogen) atoms. The van der Waals surface area contributed by atoms with E-state index >= 15 is 0 Å². The second-order valence-corrected chi connectivity index (χ2v) is 4.44. The Bertz CT molecular complexity index is 276. The summed E-state index contributed by atoms with van der Waals surface area (Å²) in [6, 6.07) is 0. The minimum atomic E-state index is -4.43. The van der Waals surface area contributed by atoms with E-state index in [-0.39, 0.29) is 18.6 Å². The molecule has 1 unspecified atom stereocenters. The SMILES string of the molecule is CC(OCC(F)(F)F)C(=O)NCC1(CO)CC1. The van der Waals surface area contributed by atoms with Crippen LogP contribution in [0.4, 0.5) is 13.2 Å². The standard InChI is InChI=1S/C10H16F3NO3/c1-7(17-6-10(11,12)13)8(16)14-4-9(5-15)2-3-9/h7,15H,2-6H2,1H3,(H,14,16). The molecular formula is C10H16F3NO3. The monoisotopic (exact) mass is 255 g/mol. The van der Waals surface area contributed by atoms with E-state index in [0.717, 1.165) is 12.8 Å². The van der Waals surface area contributed by atoms with Crippen molar-refractivity contribution >= 4 is 5.91 Å². The van der Waals surface area contributed by atoms with E-state index in [1.54, 1.807) is 0 Å². The van der Waals surface area contributed by atoms with E-state index in [4.69, 9.17) is 5.11 Å². The maximum atomic E-state index is 11.8. The second-order valence-electron chi connectivity index (χ2n) is 4.44. The van der Waals surface area contributed by atoms with Crippen molar-refractivity contribution in [3.63, 3.8) is 0 Å². The number of aliphatic hydroxyl groups excluding tert-OH is 1. The Morgan fingerprint density at radius 1 is 1.53 bits per heavy atom. The molecular weight excluding hydrogens is 239 g/mol. The van der Waals surface area contributed by atoms with Crippen molar-refractivity contribution in [3.8, 4) is 0 Å². The van der Waals surface area contributed by atoms with E-state index in [1.165, 1.54) is 6.92 Å². The number of hydrogen-bond donors (Lipinski definition) is 2. The number of hydrogen-bond acceptors (Lipinski definition) is 3. The molecule has 1 aliphatic carbocycles. The third kappa shape index (κ3) is 4.91. The first-order valence-electron chi connectivity index (χ1n) is 5.35. The molecule has 1 amide bonds. The highest BCUT2D eigenvalue weighted by atomic mass is 19.4. The third-order valence-electron chi connectivity index (χ3n) is 2.80. The molecule has 2 N–H and O–H groups in total. The first kappa shape index (κ1) is 14.2. The Morgan fingerprint density at radius 3 is 2.53 bits per heavy atom. The lowest BCUT2D eigenvalue weighted by Gasteiger charge is -2.17. The molecule has 4 nitrogen and oxygen atoms in total. The highest BCUT2D eigenvalue weighted by Crippen LogP contribution is 2.44. The summed E-state index contributed by atoms with van der Waals surface area (Å²) in [4.78, 5) is 11.4. The molecule has 0 bridgehead atoms. The zero-order valence-corrected chi connectivity index (χ0v) is 9.51. The van der Waals surface area contributed by atoms with Gasteiger partial charge < -0.3 is 15.2 Å². The number of amides is 1. The Morgan fingerprint density at radius 2 is 2.12 bits per heavy atom. The third-order valence-corrected chi connectivity index (χ3v) is 2.80. The van der Waals surface area contributed by atoms with Gasteiger partial charge in [0.1, 0.15) is 12.7 Å². The van der Waals surface area contributed by atoms with E-state index in [0.29, 0.717) is 0 Å². The van der Waals surface area contributed by atoms with Gasteiger partial charge >= 0.3 is 6.18 Å². The average Bonchev–Trinajstić information content (AvgIpc) is 3.02. The van der Waals surface area contributed by atoms with Crippen LogP contribution in [0.2, 0.25) is 0 Å². The van der Waals surface area contributed by atoms with Crippen molar-refractivity contribution in [3.05, 3.63) is 0 Å².